The summed E-state index contributed by atoms with van der Waals surface area (Å²) in [6.45, 7) is 1.66. The van der Waals surface area contributed by atoms with Crippen LogP contribution in [-0.2, 0) is 19.1 Å². The molecule has 8 nitrogen and oxygen atoms in total. The topological polar surface area (TPSA) is 102 Å². The number of nitrogens with one attached hydrogen (secondary N) is 1. The molecule has 1 N–H and O–H groups in total. The number of barbiturate groups is 1. The fraction of sp³-hybridized carbons (Fsp3) is 0.143. The fourth-order valence-electron chi connectivity index (χ4n) is 2.78. The van der Waals surface area contributed by atoms with Gasteiger partial charge in [0.1, 0.15) is 11.3 Å². The Balaban J connectivity index is 1.89. The minimum atomic E-state index is -0.829. The van der Waals surface area contributed by atoms with E-state index in [-0.39, 0.29) is 18.8 Å². The molecule has 3 rings (SSSR count). The van der Waals surface area contributed by atoms with Gasteiger partial charge in [0.15, 0.2) is 6.61 Å². The third-order valence-electron chi connectivity index (χ3n) is 4.16. The molecule has 0 aromatic heterocycles. The zero-order valence-corrected chi connectivity index (χ0v) is 21.2. The standard InChI is InChI=1S/C21H15Br3N2O6/c1-2-31-17(27)10-32-18-15(23)8-11(9-16(18)24)7-14-19(28)25-21(30)26(20(14)29)13-5-3-12(22)4-6-13/h3-9H,2,10H2,1H3,(H,25,28,30)/b14-7+. The SMILES string of the molecule is CCOC(=O)COc1c(Br)cc(/C=C2\C(=O)NC(=O)N(c3ccc(Br)cc3)C2=O)cc1Br. The highest BCUT2D eigenvalue weighted by atomic mass is 79.9. The molecule has 0 saturated carbocycles. The average molecular weight is 631 g/mol. The van der Waals surface area contributed by atoms with E-state index in [1.54, 1.807) is 43.3 Å². The highest BCUT2D eigenvalue weighted by Gasteiger charge is 2.36. The summed E-state index contributed by atoms with van der Waals surface area (Å²) in [4.78, 5) is 50.1. The molecule has 0 bridgehead atoms. The smallest absolute Gasteiger partial charge is 0.344 e. The predicted octanol–water partition coefficient (Wildman–Crippen LogP) is 4.58. The number of halogens is 3. The van der Waals surface area contributed by atoms with Gasteiger partial charge >= 0.3 is 12.0 Å². The van der Waals surface area contributed by atoms with Gasteiger partial charge in [-0.2, -0.15) is 0 Å². The number of hydrogen-bond acceptors (Lipinski definition) is 6. The van der Waals surface area contributed by atoms with Crippen molar-refractivity contribution in [3.05, 3.63) is 61.0 Å². The maximum atomic E-state index is 13.0. The third kappa shape index (κ3) is 5.45. The van der Waals surface area contributed by atoms with Gasteiger partial charge in [0.25, 0.3) is 11.8 Å². The molecule has 1 aliphatic heterocycles. The van der Waals surface area contributed by atoms with Gasteiger partial charge in [-0.3, -0.25) is 14.9 Å². The Kier molecular flexibility index (Phi) is 7.86. The van der Waals surface area contributed by atoms with E-state index in [9.17, 15) is 19.2 Å². The quantitative estimate of drug-likeness (QED) is 0.285. The Labute approximate surface area is 208 Å². The van der Waals surface area contributed by atoms with E-state index in [1.165, 1.54) is 6.08 Å². The van der Waals surface area contributed by atoms with Crippen LogP contribution < -0.4 is 15.0 Å². The molecule has 0 unspecified atom stereocenters. The summed E-state index contributed by atoms with van der Waals surface area (Å²) in [6, 6.07) is 8.91. The lowest BCUT2D eigenvalue weighted by atomic mass is 10.1. The average Bonchev–Trinajstić information content (AvgIpc) is 2.72. The van der Waals surface area contributed by atoms with E-state index < -0.39 is 23.8 Å². The van der Waals surface area contributed by atoms with E-state index in [0.29, 0.717) is 25.9 Å². The number of nitrogens with zero attached hydrogens (tertiary/aromatic N) is 1. The largest absolute Gasteiger partial charge is 0.480 e. The fourth-order valence-corrected chi connectivity index (χ4v) is 4.50. The number of hydrogen-bond donors (Lipinski definition) is 1. The molecule has 11 heteroatoms. The summed E-state index contributed by atoms with van der Waals surface area (Å²) in [7, 11) is 0. The van der Waals surface area contributed by atoms with Crippen LogP contribution in [0.25, 0.3) is 6.08 Å². The molecule has 1 heterocycles. The maximum absolute atomic E-state index is 13.0. The van der Waals surface area contributed by atoms with E-state index in [2.05, 4.69) is 53.1 Å². The molecule has 2 aromatic carbocycles. The number of urea groups is 1. The van der Waals surface area contributed by atoms with Crippen LogP contribution in [0.4, 0.5) is 10.5 Å². The van der Waals surface area contributed by atoms with Crippen LogP contribution in [0.1, 0.15) is 12.5 Å². The number of amides is 4. The van der Waals surface area contributed by atoms with Gasteiger partial charge in [0.05, 0.1) is 21.2 Å². The van der Waals surface area contributed by atoms with Crippen molar-refractivity contribution >= 4 is 83.4 Å². The Morgan fingerprint density at radius 1 is 1.06 bits per heavy atom. The van der Waals surface area contributed by atoms with Gasteiger partial charge in [-0.05, 0) is 86.8 Å². The summed E-state index contributed by atoms with van der Waals surface area (Å²) in [5.74, 6) is -1.72. The summed E-state index contributed by atoms with van der Waals surface area (Å²) >= 11 is 10.0. The van der Waals surface area contributed by atoms with Crippen LogP contribution in [0.15, 0.2) is 55.4 Å². The molecule has 2 aromatic rings. The van der Waals surface area contributed by atoms with Gasteiger partial charge in [-0.1, -0.05) is 15.9 Å². The minimum absolute atomic E-state index is 0.216. The Hall–Kier alpha value is -2.50. The number of ether oxygens (including phenoxy) is 2. The lowest BCUT2D eigenvalue weighted by Crippen LogP contribution is -2.54. The molecule has 32 heavy (non-hydrogen) atoms. The third-order valence-corrected chi connectivity index (χ3v) is 5.86. The first-order valence-electron chi connectivity index (χ1n) is 9.15. The molecule has 1 saturated heterocycles. The lowest BCUT2D eigenvalue weighted by Gasteiger charge is -2.26. The molecule has 4 amide bonds. The van der Waals surface area contributed by atoms with Crippen molar-refractivity contribution in [3.63, 3.8) is 0 Å². The monoisotopic (exact) mass is 628 g/mol. The molecule has 0 radical (unpaired) electrons. The molecule has 0 atom stereocenters. The van der Waals surface area contributed by atoms with Gasteiger partial charge in [-0.25, -0.2) is 14.5 Å². The highest BCUT2D eigenvalue weighted by Crippen LogP contribution is 2.36. The highest BCUT2D eigenvalue weighted by molar-refractivity contribution is 9.11. The summed E-state index contributed by atoms with van der Waals surface area (Å²) in [6.07, 6.45) is 1.36. The lowest BCUT2D eigenvalue weighted by molar-refractivity contribution is -0.145. The summed E-state index contributed by atoms with van der Waals surface area (Å²) < 4.78 is 12.0. The molecule has 1 fully saturated rings. The van der Waals surface area contributed by atoms with Crippen LogP contribution in [0, 0.1) is 0 Å². The molecular weight excluding hydrogens is 616 g/mol. The van der Waals surface area contributed by atoms with Crippen LogP contribution in [-0.4, -0.2) is 37.0 Å². The number of imide groups is 2. The van der Waals surface area contributed by atoms with Crippen molar-refractivity contribution in [2.24, 2.45) is 0 Å². The normalized spacial score (nSPS) is 15.1. The molecule has 166 valence electrons. The summed E-state index contributed by atoms with van der Waals surface area (Å²) in [5.41, 5.74) is 0.585. The van der Waals surface area contributed by atoms with Gasteiger partial charge in [-0.15, -0.1) is 0 Å². The maximum Gasteiger partial charge on any atom is 0.344 e. The number of carbonyl (C=O) groups excluding carboxylic acids is 4. The van der Waals surface area contributed by atoms with Crippen LogP contribution >= 0.6 is 47.8 Å². The Morgan fingerprint density at radius 2 is 1.69 bits per heavy atom. The van der Waals surface area contributed by atoms with Gasteiger partial charge < -0.3 is 9.47 Å². The predicted molar refractivity (Wildman–Crippen MR) is 127 cm³/mol. The second-order valence-corrected chi connectivity index (χ2v) is 8.97. The first-order chi connectivity index (χ1) is 15.2. The van der Waals surface area contributed by atoms with Crippen LogP contribution in [0.2, 0.25) is 0 Å². The van der Waals surface area contributed by atoms with E-state index in [0.717, 1.165) is 9.37 Å². The zero-order valence-electron chi connectivity index (χ0n) is 16.5. The molecule has 1 aliphatic rings. The number of esters is 1. The van der Waals surface area contributed by atoms with E-state index in [1.807, 2.05) is 0 Å². The Bertz CT molecular complexity index is 1110. The zero-order chi connectivity index (χ0) is 23.4. The molecule has 0 spiro atoms. The number of rotatable bonds is 6. The first kappa shape index (κ1) is 24.1. The van der Waals surface area contributed by atoms with E-state index in [4.69, 9.17) is 9.47 Å². The first-order valence-corrected chi connectivity index (χ1v) is 11.5. The number of carbonyl (C=O) groups is 4. The van der Waals surface area contributed by atoms with Crippen molar-refractivity contribution in [2.75, 3.05) is 18.1 Å². The van der Waals surface area contributed by atoms with Crippen molar-refractivity contribution < 1.29 is 28.7 Å². The number of anilines is 1. The number of benzene rings is 2. The van der Waals surface area contributed by atoms with Crippen LogP contribution in [0.3, 0.4) is 0 Å². The Morgan fingerprint density at radius 3 is 2.28 bits per heavy atom. The van der Waals surface area contributed by atoms with Gasteiger partial charge in [0.2, 0.25) is 0 Å². The molecular formula is C21H15Br3N2O6. The van der Waals surface area contributed by atoms with Crippen molar-refractivity contribution in [2.45, 2.75) is 6.92 Å². The van der Waals surface area contributed by atoms with Crippen LogP contribution in [0.5, 0.6) is 5.75 Å². The second kappa shape index (κ2) is 10.4. The van der Waals surface area contributed by atoms with Crippen molar-refractivity contribution in [1.82, 2.24) is 5.32 Å². The van der Waals surface area contributed by atoms with Crippen molar-refractivity contribution in [1.29, 1.82) is 0 Å². The molecule has 0 aliphatic carbocycles. The van der Waals surface area contributed by atoms with Gasteiger partial charge in [0, 0.05) is 4.47 Å². The minimum Gasteiger partial charge on any atom is -0.480 e. The second-order valence-electron chi connectivity index (χ2n) is 6.34. The summed E-state index contributed by atoms with van der Waals surface area (Å²) in [5, 5.41) is 2.18. The van der Waals surface area contributed by atoms with Crippen molar-refractivity contribution in [3.8, 4) is 5.75 Å². The van der Waals surface area contributed by atoms with E-state index >= 15 is 0 Å².